The van der Waals surface area contributed by atoms with Crippen molar-refractivity contribution in [3.8, 4) is 0 Å². The second-order valence-electron chi connectivity index (χ2n) is 5.69. The Labute approximate surface area is 160 Å². The number of hydrogen-bond acceptors (Lipinski definition) is 6. The Morgan fingerprint density at radius 2 is 1.61 bits per heavy atom. The average molecular weight is 380 g/mol. The summed E-state index contributed by atoms with van der Waals surface area (Å²) in [6.45, 7) is 2.02. The fraction of sp³-hybridized carbons (Fsp3) is 0.100. The van der Waals surface area contributed by atoms with Crippen molar-refractivity contribution in [3.63, 3.8) is 0 Å². The van der Waals surface area contributed by atoms with Gasteiger partial charge in [-0.15, -0.1) is 10.2 Å². The van der Waals surface area contributed by atoms with E-state index in [-0.39, 0.29) is 11.5 Å². The van der Waals surface area contributed by atoms with Crippen molar-refractivity contribution >= 4 is 29.1 Å². The van der Waals surface area contributed by atoms with Gasteiger partial charge >= 0.3 is 5.97 Å². The van der Waals surface area contributed by atoms with Gasteiger partial charge in [0.2, 0.25) is 0 Å². The number of anilines is 3. The highest BCUT2D eigenvalue weighted by atomic mass is 19.1. The van der Waals surface area contributed by atoms with Crippen molar-refractivity contribution in [3.05, 3.63) is 77.7 Å². The largest absolute Gasteiger partial charge is 0.462 e. The Morgan fingerprint density at radius 1 is 0.929 bits per heavy atom. The second-order valence-corrected chi connectivity index (χ2v) is 5.69. The summed E-state index contributed by atoms with van der Waals surface area (Å²) < 4.78 is 17.8. The van der Waals surface area contributed by atoms with Crippen LogP contribution in [0, 0.1) is 5.82 Å². The summed E-state index contributed by atoms with van der Waals surface area (Å²) in [4.78, 5) is 23.9. The molecule has 1 amide bonds. The number of ether oxygens (including phenoxy) is 1. The van der Waals surface area contributed by atoms with Crippen LogP contribution in [0.3, 0.4) is 0 Å². The van der Waals surface area contributed by atoms with Gasteiger partial charge in [-0.1, -0.05) is 0 Å². The van der Waals surface area contributed by atoms with Gasteiger partial charge in [0.15, 0.2) is 11.5 Å². The third kappa shape index (κ3) is 4.88. The van der Waals surface area contributed by atoms with Crippen molar-refractivity contribution in [1.82, 2.24) is 10.2 Å². The van der Waals surface area contributed by atoms with Gasteiger partial charge in [0.1, 0.15) is 5.82 Å². The first-order valence-corrected chi connectivity index (χ1v) is 8.50. The number of nitrogens with one attached hydrogen (secondary N) is 2. The minimum absolute atomic E-state index is 0.124. The highest BCUT2D eigenvalue weighted by Gasteiger charge is 2.10. The molecule has 1 heterocycles. The minimum Gasteiger partial charge on any atom is -0.462 e. The van der Waals surface area contributed by atoms with Crippen LogP contribution in [0.25, 0.3) is 0 Å². The van der Waals surface area contributed by atoms with Crippen molar-refractivity contribution < 1.29 is 18.7 Å². The van der Waals surface area contributed by atoms with Gasteiger partial charge in [-0.25, -0.2) is 9.18 Å². The number of rotatable bonds is 6. The molecular weight excluding hydrogens is 363 g/mol. The van der Waals surface area contributed by atoms with E-state index in [0.717, 1.165) is 0 Å². The number of benzene rings is 2. The lowest BCUT2D eigenvalue weighted by atomic mass is 10.2. The van der Waals surface area contributed by atoms with Gasteiger partial charge < -0.3 is 15.4 Å². The van der Waals surface area contributed by atoms with Gasteiger partial charge in [0, 0.05) is 11.4 Å². The van der Waals surface area contributed by atoms with Crippen LogP contribution in [0.5, 0.6) is 0 Å². The van der Waals surface area contributed by atoms with E-state index in [9.17, 15) is 14.0 Å². The number of halogens is 1. The van der Waals surface area contributed by atoms with E-state index >= 15 is 0 Å². The summed E-state index contributed by atoms with van der Waals surface area (Å²) in [5.74, 6) is -0.777. The fourth-order valence-electron chi connectivity index (χ4n) is 2.30. The Morgan fingerprint density at radius 3 is 2.21 bits per heavy atom. The first-order valence-electron chi connectivity index (χ1n) is 8.50. The van der Waals surface area contributed by atoms with Crippen molar-refractivity contribution in [2.75, 3.05) is 17.2 Å². The standard InChI is InChI=1S/C20H17FN4O3/c1-2-28-20(27)13-3-7-16(8-4-13)23-19(26)17-11-12-18(25-24-17)22-15-9-5-14(21)6-10-15/h3-12H,2H2,1H3,(H,22,25)(H,23,26). The van der Waals surface area contributed by atoms with Gasteiger partial charge in [-0.05, 0) is 67.6 Å². The molecule has 2 N–H and O–H groups in total. The summed E-state index contributed by atoms with van der Waals surface area (Å²) in [7, 11) is 0. The molecular formula is C20H17FN4O3. The number of hydrogen-bond donors (Lipinski definition) is 2. The predicted molar refractivity (Wildman–Crippen MR) is 102 cm³/mol. The molecule has 0 fully saturated rings. The van der Waals surface area contributed by atoms with E-state index in [1.807, 2.05) is 0 Å². The molecule has 7 nitrogen and oxygen atoms in total. The monoisotopic (exact) mass is 380 g/mol. The maximum Gasteiger partial charge on any atom is 0.338 e. The van der Waals surface area contributed by atoms with E-state index in [0.29, 0.717) is 29.4 Å². The van der Waals surface area contributed by atoms with Gasteiger partial charge in [-0.3, -0.25) is 4.79 Å². The highest BCUT2D eigenvalue weighted by Crippen LogP contribution is 2.15. The summed E-state index contributed by atoms with van der Waals surface area (Å²) in [6.07, 6.45) is 0. The molecule has 142 valence electrons. The Balaban J connectivity index is 1.61. The van der Waals surface area contributed by atoms with Crippen LogP contribution >= 0.6 is 0 Å². The highest BCUT2D eigenvalue weighted by molar-refractivity contribution is 6.03. The molecule has 1 aromatic heterocycles. The third-order valence-corrected chi connectivity index (χ3v) is 3.67. The van der Waals surface area contributed by atoms with Crippen LogP contribution in [0.2, 0.25) is 0 Å². The smallest absolute Gasteiger partial charge is 0.338 e. The van der Waals surface area contributed by atoms with Crippen LogP contribution < -0.4 is 10.6 Å². The normalized spacial score (nSPS) is 10.2. The van der Waals surface area contributed by atoms with Crippen LogP contribution in [0.4, 0.5) is 21.6 Å². The van der Waals surface area contributed by atoms with E-state index < -0.39 is 11.9 Å². The molecule has 0 atom stereocenters. The van der Waals surface area contributed by atoms with Crippen LogP contribution in [0.15, 0.2) is 60.7 Å². The minimum atomic E-state index is -0.440. The van der Waals surface area contributed by atoms with Gasteiger partial charge in [0.25, 0.3) is 5.91 Å². The Hall–Kier alpha value is -3.81. The number of esters is 1. The van der Waals surface area contributed by atoms with E-state index in [1.54, 1.807) is 49.4 Å². The topological polar surface area (TPSA) is 93.2 Å². The molecule has 3 rings (SSSR count). The van der Waals surface area contributed by atoms with Crippen molar-refractivity contribution in [1.29, 1.82) is 0 Å². The van der Waals surface area contributed by atoms with E-state index in [4.69, 9.17) is 4.74 Å². The molecule has 28 heavy (non-hydrogen) atoms. The molecule has 3 aromatic rings. The molecule has 0 aliphatic rings. The van der Waals surface area contributed by atoms with E-state index in [2.05, 4.69) is 20.8 Å². The summed E-state index contributed by atoms with van der Waals surface area (Å²) >= 11 is 0. The Kier molecular flexibility index (Phi) is 5.91. The maximum atomic E-state index is 12.9. The fourth-order valence-corrected chi connectivity index (χ4v) is 2.30. The lowest BCUT2D eigenvalue weighted by Gasteiger charge is -2.07. The molecule has 0 saturated carbocycles. The number of carbonyl (C=O) groups excluding carboxylic acids is 2. The summed E-state index contributed by atoms with van der Waals surface area (Å²) in [5.41, 5.74) is 1.68. The van der Waals surface area contributed by atoms with Crippen LogP contribution in [0.1, 0.15) is 27.8 Å². The second kappa shape index (κ2) is 8.72. The first kappa shape index (κ1) is 19.0. The quantitative estimate of drug-likeness (QED) is 0.632. The zero-order valence-electron chi connectivity index (χ0n) is 15.0. The molecule has 0 spiro atoms. The lowest BCUT2D eigenvalue weighted by molar-refractivity contribution is 0.0526. The number of amides is 1. The summed E-state index contributed by atoms with van der Waals surface area (Å²) in [5, 5.41) is 13.5. The van der Waals surface area contributed by atoms with Crippen LogP contribution in [-0.4, -0.2) is 28.7 Å². The molecule has 0 aliphatic carbocycles. The van der Waals surface area contributed by atoms with Gasteiger partial charge in [0.05, 0.1) is 12.2 Å². The first-order chi connectivity index (χ1) is 13.5. The zero-order valence-corrected chi connectivity index (χ0v) is 15.0. The predicted octanol–water partition coefficient (Wildman–Crippen LogP) is 3.79. The average Bonchev–Trinajstić information content (AvgIpc) is 2.71. The maximum absolute atomic E-state index is 12.9. The number of nitrogens with zero attached hydrogens (tertiary/aromatic N) is 2. The van der Waals surface area contributed by atoms with E-state index in [1.165, 1.54) is 18.2 Å². The molecule has 0 bridgehead atoms. The molecule has 0 radical (unpaired) electrons. The Bertz CT molecular complexity index is 958. The molecule has 2 aromatic carbocycles. The van der Waals surface area contributed by atoms with Crippen molar-refractivity contribution in [2.45, 2.75) is 6.92 Å². The van der Waals surface area contributed by atoms with Gasteiger partial charge in [-0.2, -0.15) is 0 Å². The number of carbonyl (C=O) groups is 2. The molecule has 0 aliphatic heterocycles. The summed E-state index contributed by atoms with van der Waals surface area (Å²) in [6, 6.07) is 15.2. The molecule has 0 saturated heterocycles. The molecule has 0 unspecified atom stereocenters. The SMILES string of the molecule is CCOC(=O)c1ccc(NC(=O)c2ccc(Nc3ccc(F)cc3)nn2)cc1. The third-order valence-electron chi connectivity index (χ3n) is 3.67. The van der Waals surface area contributed by atoms with Crippen LogP contribution in [-0.2, 0) is 4.74 Å². The molecule has 8 heteroatoms. The lowest BCUT2D eigenvalue weighted by Crippen LogP contribution is -2.14. The van der Waals surface area contributed by atoms with Crippen molar-refractivity contribution in [2.24, 2.45) is 0 Å². The number of aromatic nitrogens is 2. The zero-order chi connectivity index (χ0) is 19.9.